The summed E-state index contributed by atoms with van der Waals surface area (Å²) in [4.78, 5) is 15.7. The molecule has 2 fully saturated rings. The number of hydrogen-bond acceptors (Lipinski definition) is 2. The van der Waals surface area contributed by atoms with Gasteiger partial charge in [-0.2, -0.15) is 0 Å². The molecule has 2 saturated carbocycles. The lowest BCUT2D eigenvalue weighted by atomic mass is 9.69. The third kappa shape index (κ3) is 1.72. The minimum absolute atomic E-state index is 0.323. The van der Waals surface area contributed by atoms with Crippen molar-refractivity contribution in [3.8, 4) is 0 Å². The Morgan fingerprint density at radius 3 is 2.94 bits per heavy atom. The molecule has 96 valence electrons. The molecule has 1 N–H and O–H groups in total. The Hall–Kier alpha value is -1.09. The first-order valence-corrected chi connectivity index (χ1v) is 6.81. The fraction of sp³-hybridized carbons (Fsp3) is 0.571. The van der Waals surface area contributed by atoms with Crippen molar-refractivity contribution >= 4 is 17.6 Å². The fourth-order valence-electron chi connectivity index (χ4n) is 3.89. The van der Waals surface area contributed by atoms with Gasteiger partial charge in [-0.05, 0) is 49.1 Å². The van der Waals surface area contributed by atoms with Crippen LogP contribution in [0.1, 0.15) is 31.2 Å². The number of halogens is 1. The third-order valence-electron chi connectivity index (χ3n) is 4.76. The average Bonchev–Trinajstić information content (AvgIpc) is 2.93. The minimum Gasteiger partial charge on any atom is -0.481 e. The van der Waals surface area contributed by atoms with Gasteiger partial charge in [0, 0.05) is 12.4 Å². The number of hydrogen-bond donors (Lipinski definition) is 1. The van der Waals surface area contributed by atoms with Crippen LogP contribution < -0.4 is 0 Å². The highest BCUT2D eigenvalue weighted by atomic mass is 35.5. The van der Waals surface area contributed by atoms with E-state index >= 15 is 0 Å². The van der Waals surface area contributed by atoms with Crippen LogP contribution in [-0.4, -0.2) is 16.1 Å². The molecule has 3 unspecified atom stereocenters. The zero-order chi connectivity index (χ0) is 12.8. The molecular weight excluding hydrogens is 250 g/mol. The van der Waals surface area contributed by atoms with Crippen LogP contribution in [0.3, 0.4) is 0 Å². The lowest BCUT2D eigenvalue weighted by Crippen LogP contribution is -2.38. The summed E-state index contributed by atoms with van der Waals surface area (Å²) >= 11 is 6.12. The van der Waals surface area contributed by atoms with Gasteiger partial charge in [-0.25, -0.2) is 0 Å². The van der Waals surface area contributed by atoms with Crippen LogP contribution >= 0.6 is 11.6 Å². The minimum atomic E-state index is -0.650. The first kappa shape index (κ1) is 12.0. The van der Waals surface area contributed by atoms with Gasteiger partial charge >= 0.3 is 5.97 Å². The summed E-state index contributed by atoms with van der Waals surface area (Å²) < 4.78 is 0. The smallest absolute Gasteiger partial charge is 0.310 e. The molecule has 0 amide bonds. The molecule has 0 aromatic carbocycles. The summed E-state index contributed by atoms with van der Waals surface area (Å²) in [6, 6.07) is 1.85. The van der Waals surface area contributed by atoms with Crippen molar-refractivity contribution in [2.75, 3.05) is 0 Å². The van der Waals surface area contributed by atoms with E-state index in [-0.39, 0.29) is 0 Å². The second kappa shape index (κ2) is 4.23. The maximum atomic E-state index is 11.8. The van der Waals surface area contributed by atoms with Crippen molar-refractivity contribution in [2.24, 2.45) is 17.3 Å². The Morgan fingerprint density at radius 2 is 2.39 bits per heavy atom. The van der Waals surface area contributed by atoms with E-state index in [1.165, 1.54) is 6.42 Å². The van der Waals surface area contributed by atoms with Crippen LogP contribution in [0.25, 0.3) is 0 Å². The molecule has 0 saturated heterocycles. The van der Waals surface area contributed by atoms with Gasteiger partial charge in [-0.1, -0.05) is 18.0 Å². The molecule has 1 aromatic heterocycles. The monoisotopic (exact) mass is 265 g/mol. The van der Waals surface area contributed by atoms with Crippen LogP contribution in [-0.2, 0) is 11.2 Å². The average molecular weight is 266 g/mol. The van der Waals surface area contributed by atoms with Crippen LogP contribution in [0.5, 0.6) is 0 Å². The molecule has 4 heteroatoms. The zero-order valence-electron chi connectivity index (χ0n) is 10.1. The molecule has 18 heavy (non-hydrogen) atoms. The third-order valence-corrected chi connectivity index (χ3v) is 5.10. The highest BCUT2D eigenvalue weighted by molar-refractivity contribution is 6.31. The van der Waals surface area contributed by atoms with Crippen LogP contribution in [0.15, 0.2) is 18.5 Å². The second-order valence-corrected chi connectivity index (χ2v) is 6.09. The van der Waals surface area contributed by atoms with E-state index in [4.69, 9.17) is 11.6 Å². The second-order valence-electron chi connectivity index (χ2n) is 5.69. The normalized spacial score (nSPS) is 33.8. The summed E-state index contributed by atoms with van der Waals surface area (Å²) in [5, 5.41) is 10.3. The summed E-state index contributed by atoms with van der Waals surface area (Å²) in [5.74, 6) is 0.276. The molecule has 3 nitrogen and oxygen atoms in total. The number of carboxylic acids is 1. The molecule has 0 aliphatic heterocycles. The summed E-state index contributed by atoms with van der Waals surface area (Å²) in [6.45, 7) is 0. The molecule has 2 aliphatic rings. The largest absolute Gasteiger partial charge is 0.481 e. The molecule has 1 heterocycles. The number of nitrogens with zero attached hydrogens (tertiary/aromatic N) is 1. The maximum absolute atomic E-state index is 11.8. The molecule has 1 aromatic rings. The molecule has 2 bridgehead atoms. The van der Waals surface area contributed by atoms with Crippen LogP contribution in [0.2, 0.25) is 5.02 Å². The summed E-state index contributed by atoms with van der Waals surface area (Å²) in [7, 11) is 0. The van der Waals surface area contributed by atoms with Gasteiger partial charge in [0.25, 0.3) is 0 Å². The van der Waals surface area contributed by atoms with Gasteiger partial charge in [0.05, 0.1) is 10.4 Å². The summed E-state index contributed by atoms with van der Waals surface area (Å²) in [6.07, 6.45) is 7.97. The number of carbonyl (C=O) groups is 1. The van der Waals surface area contributed by atoms with Crippen molar-refractivity contribution < 1.29 is 9.90 Å². The zero-order valence-corrected chi connectivity index (χ0v) is 10.9. The van der Waals surface area contributed by atoms with E-state index < -0.39 is 11.4 Å². The van der Waals surface area contributed by atoms with E-state index in [1.54, 1.807) is 12.4 Å². The predicted molar refractivity (Wildman–Crippen MR) is 68.5 cm³/mol. The Labute approximate surface area is 111 Å². The number of fused-ring (bicyclic) bond motifs is 2. The first-order chi connectivity index (χ1) is 8.62. The van der Waals surface area contributed by atoms with Gasteiger partial charge in [0.2, 0.25) is 0 Å². The van der Waals surface area contributed by atoms with Crippen molar-refractivity contribution in [3.63, 3.8) is 0 Å². The van der Waals surface area contributed by atoms with E-state index in [1.807, 2.05) is 6.07 Å². The van der Waals surface area contributed by atoms with E-state index in [9.17, 15) is 9.90 Å². The molecule has 3 atom stereocenters. The quantitative estimate of drug-likeness (QED) is 0.913. The standard InChI is InChI=1S/C14H16ClNO2/c15-12-8-16-4-3-10(12)7-14(13(17)18)6-9-1-2-11(14)5-9/h3-4,8-9,11H,1-2,5-7H2,(H,17,18). The Kier molecular flexibility index (Phi) is 2.81. The predicted octanol–water partition coefficient (Wildman–Crippen LogP) is 3.17. The van der Waals surface area contributed by atoms with E-state index in [0.29, 0.717) is 23.3 Å². The Balaban J connectivity index is 1.93. The van der Waals surface area contributed by atoms with Crippen LogP contribution in [0, 0.1) is 17.3 Å². The number of aliphatic carboxylic acids is 1. The lowest BCUT2D eigenvalue weighted by molar-refractivity contribution is -0.152. The van der Waals surface area contributed by atoms with Gasteiger partial charge in [-0.3, -0.25) is 9.78 Å². The van der Waals surface area contributed by atoms with E-state index in [0.717, 1.165) is 24.8 Å². The fourth-order valence-corrected chi connectivity index (χ4v) is 4.07. The van der Waals surface area contributed by atoms with Gasteiger partial charge in [0.15, 0.2) is 0 Å². The Morgan fingerprint density at radius 1 is 1.56 bits per heavy atom. The van der Waals surface area contributed by atoms with Crippen molar-refractivity contribution in [2.45, 2.75) is 32.1 Å². The lowest BCUT2D eigenvalue weighted by Gasteiger charge is -2.33. The maximum Gasteiger partial charge on any atom is 0.310 e. The molecule has 0 spiro atoms. The highest BCUT2D eigenvalue weighted by Gasteiger charge is 2.55. The molecule has 0 radical (unpaired) electrons. The van der Waals surface area contributed by atoms with Crippen molar-refractivity contribution in [1.82, 2.24) is 4.98 Å². The molecule has 2 aliphatic carbocycles. The molecular formula is C14H16ClNO2. The summed E-state index contributed by atoms with van der Waals surface area (Å²) in [5.41, 5.74) is 0.329. The van der Waals surface area contributed by atoms with Gasteiger partial charge in [-0.15, -0.1) is 0 Å². The highest BCUT2D eigenvalue weighted by Crippen LogP contribution is 2.57. The topological polar surface area (TPSA) is 50.2 Å². The van der Waals surface area contributed by atoms with Crippen LogP contribution in [0.4, 0.5) is 0 Å². The van der Waals surface area contributed by atoms with Crippen molar-refractivity contribution in [1.29, 1.82) is 0 Å². The van der Waals surface area contributed by atoms with Crippen molar-refractivity contribution in [3.05, 3.63) is 29.0 Å². The number of rotatable bonds is 3. The number of aromatic nitrogens is 1. The number of pyridine rings is 1. The first-order valence-electron chi connectivity index (χ1n) is 6.43. The SMILES string of the molecule is O=C(O)C1(Cc2ccncc2Cl)CC2CCC1C2. The van der Waals surface area contributed by atoms with Gasteiger partial charge in [0.1, 0.15) is 0 Å². The molecule has 3 rings (SSSR count). The number of carboxylic acid groups (broad SMARTS) is 1. The Bertz CT molecular complexity index is 490. The van der Waals surface area contributed by atoms with Gasteiger partial charge < -0.3 is 5.11 Å². The van der Waals surface area contributed by atoms with E-state index in [2.05, 4.69) is 4.98 Å².